The van der Waals surface area contributed by atoms with Gasteiger partial charge in [0.1, 0.15) is 5.69 Å². The van der Waals surface area contributed by atoms with Crippen LogP contribution in [0.15, 0.2) is 18.3 Å². The minimum absolute atomic E-state index is 0.103. The highest BCUT2D eigenvalue weighted by Gasteiger charge is 2.25. The molecule has 0 spiro atoms. The first-order valence-corrected chi connectivity index (χ1v) is 6.07. The van der Waals surface area contributed by atoms with Gasteiger partial charge in [-0.1, -0.05) is 0 Å². The number of carbonyl (C=O) groups is 1. The zero-order valence-corrected chi connectivity index (χ0v) is 10.3. The van der Waals surface area contributed by atoms with Gasteiger partial charge in [0.25, 0.3) is 0 Å². The van der Waals surface area contributed by atoms with Crippen LogP contribution in [0.4, 0.5) is 5.69 Å². The minimum atomic E-state index is -0.976. The lowest BCUT2D eigenvalue weighted by Gasteiger charge is -2.40. The van der Waals surface area contributed by atoms with Crippen LogP contribution in [-0.4, -0.2) is 28.1 Å². The molecule has 1 fully saturated rings. The van der Waals surface area contributed by atoms with Crippen molar-refractivity contribution < 1.29 is 9.90 Å². The summed E-state index contributed by atoms with van der Waals surface area (Å²) in [7, 11) is 0. The van der Waals surface area contributed by atoms with Crippen molar-refractivity contribution in [1.29, 1.82) is 0 Å². The van der Waals surface area contributed by atoms with Gasteiger partial charge in [-0.05, 0) is 45.2 Å². The molecule has 1 N–H and O–H groups in total. The fraction of sp³-hybridized carbons (Fsp3) is 0.538. The van der Waals surface area contributed by atoms with E-state index in [0.717, 1.165) is 5.69 Å². The lowest BCUT2D eigenvalue weighted by Crippen LogP contribution is -2.43. The van der Waals surface area contributed by atoms with Crippen LogP contribution in [0.25, 0.3) is 0 Å². The summed E-state index contributed by atoms with van der Waals surface area (Å²) in [5.41, 5.74) is 1.13. The van der Waals surface area contributed by atoms with Crippen molar-refractivity contribution in [2.75, 3.05) is 4.90 Å². The second-order valence-electron chi connectivity index (χ2n) is 4.74. The Balaban J connectivity index is 2.23. The molecule has 2 heterocycles. The van der Waals surface area contributed by atoms with Gasteiger partial charge in [0, 0.05) is 12.1 Å². The first-order valence-electron chi connectivity index (χ1n) is 6.07. The Morgan fingerprint density at radius 1 is 1.35 bits per heavy atom. The quantitative estimate of drug-likeness (QED) is 0.854. The number of carboxylic acids is 1. The molecule has 1 aromatic rings. The normalized spacial score (nSPS) is 24.7. The molecule has 1 aromatic heterocycles. The lowest BCUT2D eigenvalue weighted by atomic mass is 9.97. The smallest absolute Gasteiger partial charge is 0.354 e. The molecule has 0 saturated carbocycles. The highest BCUT2D eigenvalue weighted by molar-refractivity contribution is 5.85. The van der Waals surface area contributed by atoms with Crippen molar-refractivity contribution in [3.63, 3.8) is 0 Å². The summed E-state index contributed by atoms with van der Waals surface area (Å²) in [6, 6.07) is 4.42. The van der Waals surface area contributed by atoms with Gasteiger partial charge in [0.15, 0.2) is 0 Å². The van der Waals surface area contributed by atoms with E-state index < -0.39 is 5.97 Å². The number of piperidine rings is 1. The average Bonchev–Trinajstić information content (AvgIpc) is 2.29. The van der Waals surface area contributed by atoms with Crippen LogP contribution in [0.3, 0.4) is 0 Å². The van der Waals surface area contributed by atoms with Crippen molar-refractivity contribution in [2.45, 2.75) is 45.2 Å². The summed E-state index contributed by atoms with van der Waals surface area (Å²) in [4.78, 5) is 17.1. The van der Waals surface area contributed by atoms with Gasteiger partial charge in [0.2, 0.25) is 0 Å². The highest BCUT2D eigenvalue weighted by Crippen LogP contribution is 2.28. The molecule has 1 aliphatic rings. The van der Waals surface area contributed by atoms with E-state index in [9.17, 15) is 4.79 Å². The van der Waals surface area contributed by atoms with E-state index in [0.29, 0.717) is 12.1 Å². The number of carboxylic acid groups (broad SMARTS) is 1. The number of hydrogen-bond acceptors (Lipinski definition) is 3. The number of aromatic nitrogens is 1. The van der Waals surface area contributed by atoms with E-state index in [2.05, 4.69) is 23.7 Å². The van der Waals surface area contributed by atoms with Gasteiger partial charge >= 0.3 is 5.97 Å². The maximum Gasteiger partial charge on any atom is 0.354 e. The molecule has 2 rings (SSSR count). The molecule has 0 amide bonds. The first-order chi connectivity index (χ1) is 8.09. The van der Waals surface area contributed by atoms with Crippen LogP contribution in [-0.2, 0) is 0 Å². The maximum absolute atomic E-state index is 10.7. The molecule has 2 atom stereocenters. The fourth-order valence-electron chi connectivity index (χ4n) is 2.60. The molecule has 4 heteroatoms. The molecule has 2 unspecified atom stereocenters. The summed E-state index contributed by atoms with van der Waals surface area (Å²) in [5, 5.41) is 8.81. The predicted octanol–water partition coefficient (Wildman–Crippen LogP) is 2.55. The van der Waals surface area contributed by atoms with Crippen LogP contribution < -0.4 is 4.90 Å². The topological polar surface area (TPSA) is 53.4 Å². The zero-order valence-electron chi connectivity index (χ0n) is 10.3. The van der Waals surface area contributed by atoms with Crippen LogP contribution in [0.2, 0.25) is 0 Å². The van der Waals surface area contributed by atoms with Gasteiger partial charge in [-0.3, -0.25) is 0 Å². The van der Waals surface area contributed by atoms with Gasteiger partial charge in [-0.15, -0.1) is 0 Å². The highest BCUT2D eigenvalue weighted by atomic mass is 16.4. The van der Waals surface area contributed by atoms with Crippen LogP contribution in [0.1, 0.15) is 43.6 Å². The average molecular weight is 234 g/mol. The molecular weight excluding hydrogens is 216 g/mol. The minimum Gasteiger partial charge on any atom is -0.477 e. The molecule has 0 radical (unpaired) electrons. The number of nitrogens with zero attached hydrogens (tertiary/aromatic N) is 2. The van der Waals surface area contributed by atoms with Crippen LogP contribution in [0, 0.1) is 0 Å². The standard InChI is InChI=1S/C13H18N2O2/c1-9-4-3-5-10(2)15(9)11-6-7-12(13(16)17)14-8-11/h6-10H,3-5H2,1-2H3,(H,16,17). The maximum atomic E-state index is 10.7. The molecule has 17 heavy (non-hydrogen) atoms. The Bertz CT molecular complexity index is 392. The van der Waals surface area contributed by atoms with E-state index in [-0.39, 0.29) is 5.69 Å². The summed E-state index contributed by atoms with van der Waals surface area (Å²) in [6.45, 7) is 4.42. The van der Waals surface area contributed by atoms with Crippen molar-refractivity contribution in [1.82, 2.24) is 4.98 Å². The van der Waals surface area contributed by atoms with Gasteiger partial charge in [-0.25, -0.2) is 9.78 Å². The monoisotopic (exact) mass is 234 g/mol. The molecular formula is C13H18N2O2. The van der Waals surface area contributed by atoms with E-state index in [4.69, 9.17) is 5.11 Å². The van der Waals surface area contributed by atoms with Gasteiger partial charge in [0.05, 0.1) is 11.9 Å². The lowest BCUT2D eigenvalue weighted by molar-refractivity contribution is 0.0690. The summed E-state index contributed by atoms with van der Waals surface area (Å²) >= 11 is 0. The van der Waals surface area contributed by atoms with E-state index >= 15 is 0 Å². The Morgan fingerprint density at radius 3 is 2.47 bits per heavy atom. The second-order valence-corrected chi connectivity index (χ2v) is 4.74. The number of hydrogen-bond donors (Lipinski definition) is 1. The SMILES string of the molecule is CC1CCCC(C)N1c1ccc(C(=O)O)nc1. The Labute approximate surface area is 101 Å². The third-order valence-electron chi connectivity index (χ3n) is 3.46. The number of pyridine rings is 1. The summed E-state index contributed by atoms with van der Waals surface area (Å²) < 4.78 is 0. The molecule has 4 nitrogen and oxygen atoms in total. The van der Waals surface area contributed by atoms with E-state index in [1.165, 1.54) is 19.3 Å². The van der Waals surface area contributed by atoms with Crippen molar-refractivity contribution in [2.24, 2.45) is 0 Å². The van der Waals surface area contributed by atoms with Crippen LogP contribution >= 0.6 is 0 Å². The molecule has 0 bridgehead atoms. The van der Waals surface area contributed by atoms with E-state index in [1.807, 2.05) is 6.07 Å². The Kier molecular flexibility index (Phi) is 3.31. The zero-order chi connectivity index (χ0) is 12.4. The molecule has 92 valence electrons. The third kappa shape index (κ3) is 2.40. The molecule has 1 saturated heterocycles. The van der Waals surface area contributed by atoms with Gasteiger partial charge in [-0.2, -0.15) is 0 Å². The van der Waals surface area contributed by atoms with Crippen molar-refractivity contribution in [3.05, 3.63) is 24.0 Å². The van der Waals surface area contributed by atoms with Crippen molar-refractivity contribution in [3.8, 4) is 0 Å². The molecule has 0 aromatic carbocycles. The summed E-state index contributed by atoms with van der Waals surface area (Å²) in [6.07, 6.45) is 5.30. The number of rotatable bonds is 2. The Hall–Kier alpha value is -1.58. The van der Waals surface area contributed by atoms with Crippen molar-refractivity contribution >= 4 is 11.7 Å². The second kappa shape index (κ2) is 4.73. The Morgan fingerprint density at radius 2 is 2.00 bits per heavy atom. The third-order valence-corrected chi connectivity index (χ3v) is 3.46. The largest absolute Gasteiger partial charge is 0.477 e. The van der Waals surface area contributed by atoms with E-state index in [1.54, 1.807) is 12.3 Å². The fourth-order valence-corrected chi connectivity index (χ4v) is 2.60. The first kappa shape index (κ1) is 11.9. The molecule has 1 aliphatic heterocycles. The van der Waals surface area contributed by atoms with Gasteiger partial charge < -0.3 is 10.0 Å². The molecule has 0 aliphatic carbocycles. The number of aromatic carboxylic acids is 1. The number of anilines is 1. The van der Waals surface area contributed by atoms with Crippen LogP contribution in [0.5, 0.6) is 0 Å². The predicted molar refractivity (Wildman–Crippen MR) is 66.5 cm³/mol. The summed E-state index contributed by atoms with van der Waals surface area (Å²) in [5.74, 6) is -0.976.